The lowest BCUT2D eigenvalue weighted by Crippen LogP contribution is -2.05. The van der Waals surface area contributed by atoms with Crippen molar-refractivity contribution in [1.29, 1.82) is 0 Å². The number of nitrogens with zero attached hydrogens (tertiary/aromatic N) is 3. The second-order valence-corrected chi connectivity index (χ2v) is 4.45. The highest BCUT2D eigenvalue weighted by molar-refractivity contribution is 6.30. The van der Waals surface area contributed by atoms with E-state index in [9.17, 15) is 31.1 Å². The van der Waals surface area contributed by atoms with Gasteiger partial charge in [-0.2, -0.15) is 26.3 Å². The van der Waals surface area contributed by atoms with Crippen molar-refractivity contribution in [3.05, 3.63) is 40.7 Å². The van der Waals surface area contributed by atoms with Gasteiger partial charge in [0.05, 0.1) is 11.9 Å². The molecule has 1 heterocycles. The molecule has 0 fully saturated rings. The van der Waals surface area contributed by atoms with E-state index in [-0.39, 0.29) is 11.3 Å². The van der Waals surface area contributed by atoms with Crippen molar-refractivity contribution in [1.82, 2.24) is 15.0 Å². The smallest absolute Gasteiger partial charge is 0.298 e. The predicted octanol–water partition coefficient (Wildman–Crippen LogP) is 3.93. The normalized spacial score (nSPS) is 11.2. The molecule has 0 spiro atoms. The van der Waals surface area contributed by atoms with Gasteiger partial charge in [-0.15, -0.1) is 11.5 Å². The number of hydrogen-bond acceptors (Lipinski definition) is 3. The number of benzene rings is 1. The van der Waals surface area contributed by atoms with Crippen LogP contribution in [-0.2, 0) is 6.18 Å². The number of halogens is 7. The minimum Gasteiger partial charge on any atom is -0.298 e. The van der Waals surface area contributed by atoms with Crippen LogP contribution >= 0.6 is 11.6 Å². The van der Waals surface area contributed by atoms with E-state index in [4.69, 9.17) is 11.6 Å². The third-order valence-electron chi connectivity index (χ3n) is 2.31. The molecule has 0 saturated heterocycles. The number of aldehydes is 1. The lowest BCUT2D eigenvalue weighted by atomic mass is 10.2. The van der Waals surface area contributed by atoms with E-state index in [1.165, 1.54) is 18.2 Å². The Balaban J connectivity index is 0.000000413. The van der Waals surface area contributed by atoms with Crippen LogP contribution < -0.4 is 0 Å². The Hall–Kier alpha value is -2.54. The maximum atomic E-state index is 12.4. The summed E-state index contributed by atoms with van der Waals surface area (Å²) in [6.07, 6.45) is -3.89. The van der Waals surface area contributed by atoms with Crippen LogP contribution in [0.15, 0.2) is 24.4 Å². The standard InChI is InChI=1S/C10H5ClF3N3O.C3HF3/c11-7-1-2-8(6(3-7)5-18)17-4-9(15-16-17)10(12,13)14;1-2-3(4,5)6/h1-5H;1H. The first-order chi connectivity index (χ1) is 11.0. The Morgan fingerprint density at radius 1 is 1.21 bits per heavy atom. The maximum absolute atomic E-state index is 12.4. The molecule has 128 valence electrons. The molecule has 1 aromatic heterocycles. The van der Waals surface area contributed by atoms with Crippen LogP contribution in [0.25, 0.3) is 5.69 Å². The van der Waals surface area contributed by atoms with Gasteiger partial charge < -0.3 is 0 Å². The van der Waals surface area contributed by atoms with E-state index in [1.807, 2.05) is 0 Å². The lowest BCUT2D eigenvalue weighted by Gasteiger charge is -2.04. The van der Waals surface area contributed by atoms with Gasteiger partial charge in [0.2, 0.25) is 0 Å². The van der Waals surface area contributed by atoms with Crippen LogP contribution in [0.3, 0.4) is 0 Å². The summed E-state index contributed by atoms with van der Waals surface area (Å²) in [7, 11) is 0. The molecule has 0 aliphatic carbocycles. The summed E-state index contributed by atoms with van der Waals surface area (Å²) in [4.78, 5) is 10.8. The van der Waals surface area contributed by atoms with Gasteiger partial charge in [-0.3, -0.25) is 4.79 Å². The SMILES string of the molecule is C#CC(F)(F)F.O=Cc1cc(Cl)ccc1-n1cc(C(F)(F)F)nn1. The van der Waals surface area contributed by atoms with Crippen LogP contribution in [0.1, 0.15) is 16.1 Å². The summed E-state index contributed by atoms with van der Waals surface area (Å²) in [5.41, 5.74) is -0.826. The molecule has 0 aliphatic rings. The Morgan fingerprint density at radius 3 is 2.21 bits per heavy atom. The van der Waals surface area contributed by atoms with Gasteiger partial charge in [0.15, 0.2) is 12.0 Å². The fourth-order valence-corrected chi connectivity index (χ4v) is 1.52. The molecule has 2 rings (SSSR count). The summed E-state index contributed by atoms with van der Waals surface area (Å²) in [6.45, 7) is 0. The van der Waals surface area contributed by atoms with Crippen molar-refractivity contribution in [2.24, 2.45) is 0 Å². The van der Waals surface area contributed by atoms with Gasteiger partial charge in [-0.25, -0.2) is 4.68 Å². The number of terminal acetylenes is 1. The van der Waals surface area contributed by atoms with Gasteiger partial charge in [0, 0.05) is 16.5 Å². The Labute approximate surface area is 136 Å². The molecule has 0 amide bonds. The summed E-state index contributed by atoms with van der Waals surface area (Å²) in [5, 5.41) is 6.64. The van der Waals surface area contributed by atoms with E-state index in [0.29, 0.717) is 23.4 Å². The first-order valence-electron chi connectivity index (χ1n) is 5.77. The molecular weight excluding hydrogens is 364 g/mol. The zero-order chi connectivity index (χ0) is 18.5. The third-order valence-corrected chi connectivity index (χ3v) is 2.55. The van der Waals surface area contributed by atoms with Crippen LogP contribution in [0.5, 0.6) is 0 Å². The second kappa shape index (κ2) is 7.35. The van der Waals surface area contributed by atoms with Gasteiger partial charge >= 0.3 is 12.4 Å². The van der Waals surface area contributed by atoms with Crippen molar-refractivity contribution in [3.8, 4) is 18.0 Å². The van der Waals surface area contributed by atoms with Crippen molar-refractivity contribution < 1.29 is 31.1 Å². The molecule has 0 saturated carbocycles. The zero-order valence-electron chi connectivity index (χ0n) is 11.4. The average Bonchev–Trinajstić information content (AvgIpc) is 2.96. The second-order valence-electron chi connectivity index (χ2n) is 4.01. The molecule has 1 aromatic carbocycles. The molecule has 0 bridgehead atoms. The molecule has 0 unspecified atom stereocenters. The van der Waals surface area contributed by atoms with Crippen LogP contribution in [0.4, 0.5) is 26.3 Å². The first kappa shape index (κ1) is 19.5. The van der Waals surface area contributed by atoms with Gasteiger partial charge in [-0.1, -0.05) is 16.8 Å². The first-order valence-corrected chi connectivity index (χ1v) is 6.15. The number of aromatic nitrogens is 3. The van der Waals surface area contributed by atoms with Crippen molar-refractivity contribution in [2.45, 2.75) is 12.4 Å². The highest BCUT2D eigenvalue weighted by Crippen LogP contribution is 2.28. The van der Waals surface area contributed by atoms with Crippen molar-refractivity contribution in [3.63, 3.8) is 0 Å². The highest BCUT2D eigenvalue weighted by Gasteiger charge is 2.34. The lowest BCUT2D eigenvalue weighted by molar-refractivity contribution is -0.141. The maximum Gasteiger partial charge on any atom is 0.457 e. The minimum atomic E-state index is -4.58. The topological polar surface area (TPSA) is 47.8 Å². The predicted molar refractivity (Wildman–Crippen MR) is 71.6 cm³/mol. The van der Waals surface area contributed by atoms with Gasteiger partial charge in [0.1, 0.15) is 0 Å². The monoisotopic (exact) mass is 369 g/mol. The van der Waals surface area contributed by atoms with Gasteiger partial charge in [-0.05, 0) is 18.2 Å². The molecule has 0 atom stereocenters. The number of alkyl halides is 6. The molecular formula is C13H6ClF6N3O. The van der Waals surface area contributed by atoms with E-state index in [0.717, 1.165) is 4.68 Å². The Morgan fingerprint density at radius 2 is 1.79 bits per heavy atom. The third kappa shape index (κ3) is 5.58. The molecule has 24 heavy (non-hydrogen) atoms. The summed E-state index contributed by atoms with van der Waals surface area (Å²) in [6, 6.07) is 4.17. The largest absolute Gasteiger partial charge is 0.457 e. The fraction of sp³-hybridized carbons (Fsp3) is 0.154. The van der Waals surface area contributed by atoms with E-state index in [1.54, 1.807) is 0 Å². The number of rotatable bonds is 2. The van der Waals surface area contributed by atoms with E-state index >= 15 is 0 Å². The molecule has 0 aliphatic heterocycles. The molecule has 0 radical (unpaired) electrons. The molecule has 4 nitrogen and oxygen atoms in total. The molecule has 0 N–H and O–H groups in total. The summed E-state index contributed by atoms with van der Waals surface area (Å²) >= 11 is 5.68. The van der Waals surface area contributed by atoms with Crippen molar-refractivity contribution in [2.75, 3.05) is 0 Å². The van der Waals surface area contributed by atoms with Gasteiger partial charge in [0.25, 0.3) is 0 Å². The van der Waals surface area contributed by atoms with Crippen molar-refractivity contribution >= 4 is 17.9 Å². The minimum absolute atomic E-state index is 0.126. The number of carbonyl (C=O) groups excluding carboxylic acids is 1. The average molecular weight is 370 g/mol. The molecule has 2 aromatic rings. The van der Waals surface area contributed by atoms with Crippen LogP contribution in [0.2, 0.25) is 5.02 Å². The summed E-state index contributed by atoms with van der Waals surface area (Å²) in [5.74, 6) is 0.604. The fourth-order valence-electron chi connectivity index (χ4n) is 1.34. The Bertz CT molecular complexity index is 760. The Kier molecular flexibility index (Phi) is 5.98. The van der Waals surface area contributed by atoms with E-state index in [2.05, 4.69) is 16.7 Å². The number of carbonyl (C=O) groups is 1. The number of hydrogen-bond donors (Lipinski definition) is 0. The molecule has 11 heteroatoms. The highest BCUT2D eigenvalue weighted by atomic mass is 35.5. The quantitative estimate of drug-likeness (QED) is 0.458. The van der Waals surface area contributed by atoms with Crippen LogP contribution in [0, 0.1) is 12.3 Å². The van der Waals surface area contributed by atoms with Crippen LogP contribution in [-0.4, -0.2) is 27.5 Å². The summed E-state index contributed by atoms with van der Waals surface area (Å²) < 4.78 is 69.6. The van der Waals surface area contributed by atoms with E-state index < -0.39 is 18.0 Å². The zero-order valence-corrected chi connectivity index (χ0v) is 12.1.